The molecule has 0 aliphatic heterocycles. The summed E-state index contributed by atoms with van der Waals surface area (Å²) in [4.78, 5) is 32.0. The maximum atomic E-state index is 11.4. The summed E-state index contributed by atoms with van der Waals surface area (Å²) in [6.45, 7) is 12.4. The summed E-state index contributed by atoms with van der Waals surface area (Å²) in [5.41, 5.74) is 1.48. The lowest BCUT2D eigenvalue weighted by atomic mass is 9.94. The van der Waals surface area contributed by atoms with Crippen molar-refractivity contribution < 1.29 is 33.9 Å². The van der Waals surface area contributed by atoms with Gasteiger partial charge >= 0.3 is 12.1 Å². The molecule has 0 aromatic heterocycles. The molecule has 0 bridgehead atoms. The van der Waals surface area contributed by atoms with Gasteiger partial charge in [0.1, 0.15) is 18.8 Å². The van der Waals surface area contributed by atoms with E-state index in [1.165, 1.54) is 12.5 Å². The van der Waals surface area contributed by atoms with Crippen molar-refractivity contribution in [2.45, 2.75) is 46.1 Å². The summed E-state index contributed by atoms with van der Waals surface area (Å²) >= 11 is 0. The molecule has 0 amide bonds. The van der Waals surface area contributed by atoms with E-state index in [0.29, 0.717) is 5.92 Å². The largest absolute Gasteiger partial charge is 0.542 e. The van der Waals surface area contributed by atoms with Gasteiger partial charge in [-0.3, -0.25) is 0 Å². The highest BCUT2D eigenvalue weighted by molar-refractivity contribution is 5.86. The molecule has 7 nitrogen and oxygen atoms in total. The minimum Gasteiger partial charge on any atom is -0.459 e. The standard InChI is InChI=1S/C19H26O7/c1-13(2)15-7-9-16(10-8-15)19(5,6)25-26-24-18(21)23-12-11-22-17(20)14(3)4/h7-10,13H,3,11-12H2,1-2,4-6H3. The van der Waals surface area contributed by atoms with Gasteiger partial charge in [-0.05, 0) is 42.9 Å². The predicted molar refractivity (Wildman–Crippen MR) is 93.9 cm³/mol. The van der Waals surface area contributed by atoms with Crippen LogP contribution in [0.2, 0.25) is 0 Å². The van der Waals surface area contributed by atoms with Gasteiger partial charge in [0.05, 0.1) is 0 Å². The van der Waals surface area contributed by atoms with Gasteiger partial charge in [-0.25, -0.2) is 14.5 Å². The quantitative estimate of drug-likeness (QED) is 0.213. The van der Waals surface area contributed by atoms with Crippen molar-refractivity contribution in [1.29, 1.82) is 0 Å². The van der Waals surface area contributed by atoms with Crippen LogP contribution in [0.5, 0.6) is 0 Å². The van der Waals surface area contributed by atoms with Crippen molar-refractivity contribution in [3.8, 4) is 0 Å². The predicted octanol–water partition coefficient (Wildman–Crippen LogP) is 4.18. The minimum atomic E-state index is -1.11. The van der Waals surface area contributed by atoms with Crippen molar-refractivity contribution >= 4 is 12.1 Å². The Morgan fingerprint density at radius 3 is 2.19 bits per heavy atom. The summed E-state index contributed by atoms with van der Waals surface area (Å²) in [5.74, 6) is -0.135. The molecule has 0 aliphatic rings. The van der Waals surface area contributed by atoms with Crippen molar-refractivity contribution in [1.82, 2.24) is 0 Å². The molecule has 26 heavy (non-hydrogen) atoms. The SMILES string of the molecule is C=C(C)C(=O)OCCOC(=O)OOOC(C)(C)c1ccc(C(C)C)cc1. The van der Waals surface area contributed by atoms with Gasteiger partial charge in [0.25, 0.3) is 0 Å². The number of hydrogen-bond acceptors (Lipinski definition) is 7. The van der Waals surface area contributed by atoms with E-state index in [2.05, 4.69) is 35.1 Å². The molecule has 0 saturated heterocycles. The van der Waals surface area contributed by atoms with Crippen LogP contribution in [0.4, 0.5) is 4.79 Å². The topological polar surface area (TPSA) is 80.3 Å². The molecule has 0 saturated carbocycles. The number of carbonyl (C=O) groups excluding carboxylic acids is 2. The van der Waals surface area contributed by atoms with Gasteiger partial charge in [-0.2, -0.15) is 4.89 Å². The first-order valence-electron chi connectivity index (χ1n) is 8.25. The lowest BCUT2D eigenvalue weighted by Crippen LogP contribution is -2.23. The van der Waals surface area contributed by atoms with Crippen LogP contribution in [-0.2, 0) is 34.7 Å². The first kappa shape index (κ1) is 21.7. The Bertz CT molecular complexity index is 617. The van der Waals surface area contributed by atoms with Gasteiger partial charge in [-0.15, -0.1) is 0 Å². The summed E-state index contributed by atoms with van der Waals surface area (Å²) < 4.78 is 9.42. The molecule has 7 heteroatoms. The van der Waals surface area contributed by atoms with Crippen LogP contribution in [0.25, 0.3) is 0 Å². The van der Waals surface area contributed by atoms with E-state index in [-0.39, 0.29) is 18.8 Å². The van der Waals surface area contributed by atoms with Gasteiger partial charge in [0.2, 0.25) is 0 Å². The van der Waals surface area contributed by atoms with E-state index in [1.54, 1.807) is 13.8 Å². The molecule has 0 spiro atoms. The zero-order chi connectivity index (χ0) is 19.7. The van der Waals surface area contributed by atoms with Crippen molar-refractivity contribution in [2.75, 3.05) is 13.2 Å². The molecule has 1 aromatic carbocycles. The molecule has 0 radical (unpaired) electrons. The van der Waals surface area contributed by atoms with Gasteiger partial charge < -0.3 is 9.47 Å². The van der Waals surface area contributed by atoms with Crippen molar-refractivity contribution in [3.05, 3.63) is 47.5 Å². The Balaban J connectivity index is 2.33. The third kappa shape index (κ3) is 7.25. The normalized spacial score (nSPS) is 11.2. The molecule has 0 atom stereocenters. The molecule has 0 N–H and O–H groups in total. The molecule has 0 aliphatic carbocycles. The Kier molecular flexibility index (Phi) is 8.28. The number of esters is 1. The third-order valence-corrected chi connectivity index (χ3v) is 3.50. The summed E-state index contributed by atoms with van der Waals surface area (Å²) in [6.07, 6.45) is -1.11. The smallest absolute Gasteiger partial charge is 0.459 e. The molecule has 1 aromatic rings. The summed E-state index contributed by atoms with van der Waals surface area (Å²) in [5, 5.41) is 4.51. The van der Waals surface area contributed by atoms with E-state index in [1.807, 2.05) is 24.3 Å². The average molecular weight is 366 g/mol. The molecular formula is C19H26O7. The van der Waals surface area contributed by atoms with Crippen LogP contribution < -0.4 is 0 Å². The maximum Gasteiger partial charge on any atom is 0.542 e. The maximum absolute atomic E-state index is 11.4. The zero-order valence-corrected chi connectivity index (χ0v) is 15.9. The Labute approximate surface area is 153 Å². The number of hydrogen-bond donors (Lipinski definition) is 0. The van der Waals surface area contributed by atoms with Crippen LogP contribution >= 0.6 is 0 Å². The Morgan fingerprint density at radius 1 is 1.08 bits per heavy atom. The minimum absolute atomic E-state index is 0.116. The van der Waals surface area contributed by atoms with E-state index in [4.69, 9.17) is 9.62 Å². The molecule has 0 heterocycles. The lowest BCUT2D eigenvalue weighted by molar-refractivity contribution is -0.520. The third-order valence-electron chi connectivity index (χ3n) is 3.50. The Hall–Kier alpha value is -2.38. The average Bonchev–Trinajstić information content (AvgIpc) is 2.58. The highest BCUT2D eigenvalue weighted by atomic mass is 17.5. The second kappa shape index (κ2) is 9.94. The van der Waals surface area contributed by atoms with E-state index in [0.717, 1.165) is 5.56 Å². The first-order valence-corrected chi connectivity index (χ1v) is 8.25. The van der Waals surface area contributed by atoms with Gasteiger partial charge in [0.15, 0.2) is 0 Å². The van der Waals surface area contributed by atoms with Crippen LogP contribution in [-0.4, -0.2) is 25.3 Å². The van der Waals surface area contributed by atoms with Gasteiger partial charge in [-0.1, -0.05) is 44.7 Å². The molecule has 1 rings (SSSR count). The molecular weight excluding hydrogens is 340 g/mol. The molecule has 144 valence electrons. The Morgan fingerprint density at radius 2 is 1.65 bits per heavy atom. The van der Waals surface area contributed by atoms with Crippen LogP contribution in [0.15, 0.2) is 36.4 Å². The second-order valence-electron chi connectivity index (χ2n) is 6.54. The highest BCUT2D eigenvalue weighted by Gasteiger charge is 2.24. The fraction of sp³-hybridized carbons (Fsp3) is 0.474. The van der Waals surface area contributed by atoms with Crippen LogP contribution in [0.1, 0.15) is 51.7 Å². The number of benzene rings is 1. The first-order chi connectivity index (χ1) is 12.1. The number of rotatable bonds is 9. The van der Waals surface area contributed by atoms with Crippen LogP contribution in [0, 0.1) is 0 Å². The highest BCUT2D eigenvalue weighted by Crippen LogP contribution is 2.26. The monoisotopic (exact) mass is 366 g/mol. The van der Waals surface area contributed by atoms with E-state index >= 15 is 0 Å². The fourth-order valence-corrected chi connectivity index (χ4v) is 1.85. The van der Waals surface area contributed by atoms with Crippen molar-refractivity contribution in [2.24, 2.45) is 0 Å². The summed E-state index contributed by atoms with van der Waals surface area (Å²) in [6, 6.07) is 7.86. The summed E-state index contributed by atoms with van der Waals surface area (Å²) in [7, 11) is 0. The zero-order valence-electron chi connectivity index (χ0n) is 15.9. The van der Waals surface area contributed by atoms with E-state index < -0.39 is 17.7 Å². The number of carbonyl (C=O) groups is 2. The van der Waals surface area contributed by atoms with Crippen molar-refractivity contribution in [3.63, 3.8) is 0 Å². The van der Waals surface area contributed by atoms with Crippen LogP contribution in [0.3, 0.4) is 0 Å². The molecule has 0 fully saturated rings. The van der Waals surface area contributed by atoms with E-state index in [9.17, 15) is 9.59 Å². The number of ether oxygens (including phenoxy) is 2. The second-order valence-corrected chi connectivity index (χ2v) is 6.54. The molecule has 0 unspecified atom stereocenters. The lowest BCUT2D eigenvalue weighted by Gasteiger charge is -2.23. The van der Waals surface area contributed by atoms with Gasteiger partial charge in [0, 0.05) is 5.57 Å². The fourth-order valence-electron chi connectivity index (χ4n) is 1.85.